The number of carbonyl (C=O) groups excluding carboxylic acids is 1. The van der Waals surface area contributed by atoms with Crippen LogP contribution in [0.4, 0.5) is 14.9 Å². The number of carbonyl (C=O) groups is 1. The molecule has 1 N–H and O–H groups in total. The van der Waals surface area contributed by atoms with Gasteiger partial charge in [0.1, 0.15) is 5.82 Å². The number of hydrogen-bond acceptors (Lipinski definition) is 1. The molecule has 0 aliphatic carbocycles. The minimum absolute atomic E-state index is 0.170. The average Bonchev–Trinajstić information content (AvgIpc) is 3.20. The Morgan fingerprint density at radius 3 is 2.48 bits per heavy atom. The SMILES string of the molecule is Cc1ccc([C@@H]2c3cccn3-c3ccccc3CN2C(=O)Nc2ccccc2F)cc1. The number of nitrogens with zero attached hydrogens (tertiary/aromatic N) is 2. The molecule has 0 fully saturated rings. The number of anilines is 1. The summed E-state index contributed by atoms with van der Waals surface area (Å²) in [5.74, 6) is -0.457. The summed E-state index contributed by atoms with van der Waals surface area (Å²) in [5, 5.41) is 2.78. The zero-order valence-electron chi connectivity index (χ0n) is 17.1. The van der Waals surface area contributed by atoms with Crippen LogP contribution in [-0.4, -0.2) is 15.5 Å². The second-order valence-electron chi connectivity index (χ2n) is 7.78. The standard InChI is InChI=1S/C26H22FN3O/c1-18-12-14-19(15-13-18)25-24-11-6-16-29(24)23-10-5-2-7-20(23)17-30(25)26(31)28-22-9-4-3-8-21(22)27/h2-16,25H,17H2,1H3,(H,28,31)/t25-/m1/s1. The quantitative estimate of drug-likeness (QED) is 0.428. The molecule has 4 aromatic rings. The van der Waals surface area contributed by atoms with E-state index < -0.39 is 5.82 Å². The van der Waals surface area contributed by atoms with Gasteiger partial charge in [-0.15, -0.1) is 0 Å². The van der Waals surface area contributed by atoms with Gasteiger partial charge in [-0.1, -0.05) is 60.2 Å². The first-order valence-electron chi connectivity index (χ1n) is 10.3. The summed E-state index contributed by atoms with van der Waals surface area (Å²) in [7, 11) is 0. The van der Waals surface area contributed by atoms with Crippen LogP contribution in [0, 0.1) is 12.7 Å². The molecule has 5 heteroatoms. The van der Waals surface area contributed by atoms with Gasteiger partial charge >= 0.3 is 6.03 Å². The Hall–Kier alpha value is -3.86. The van der Waals surface area contributed by atoms with Gasteiger partial charge in [0.05, 0.1) is 24.0 Å². The Balaban J connectivity index is 1.64. The summed E-state index contributed by atoms with van der Waals surface area (Å²) in [6, 6.07) is 25.8. The van der Waals surface area contributed by atoms with Crippen LogP contribution in [0.5, 0.6) is 0 Å². The molecule has 1 aliphatic heterocycles. The smallest absolute Gasteiger partial charge is 0.318 e. The van der Waals surface area contributed by atoms with Gasteiger partial charge < -0.3 is 14.8 Å². The van der Waals surface area contributed by atoms with Crippen molar-refractivity contribution in [2.24, 2.45) is 0 Å². The van der Waals surface area contributed by atoms with Gasteiger partial charge in [-0.3, -0.25) is 0 Å². The third-order valence-corrected chi connectivity index (χ3v) is 5.73. The van der Waals surface area contributed by atoms with E-state index in [1.807, 2.05) is 55.6 Å². The van der Waals surface area contributed by atoms with Crippen LogP contribution in [0.25, 0.3) is 5.69 Å². The van der Waals surface area contributed by atoms with E-state index >= 15 is 0 Å². The summed E-state index contributed by atoms with van der Waals surface area (Å²) in [6.45, 7) is 2.44. The van der Waals surface area contributed by atoms with Crippen molar-refractivity contribution in [1.82, 2.24) is 9.47 Å². The molecule has 0 spiro atoms. The number of aromatic nitrogens is 1. The molecule has 1 aliphatic rings. The topological polar surface area (TPSA) is 37.3 Å². The number of urea groups is 1. The predicted octanol–water partition coefficient (Wildman–Crippen LogP) is 6.06. The molecular formula is C26H22FN3O. The number of fused-ring (bicyclic) bond motifs is 3. The molecule has 2 heterocycles. The summed E-state index contributed by atoms with van der Waals surface area (Å²) in [6.07, 6.45) is 2.02. The number of nitrogens with one attached hydrogen (secondary N) is 1. The number of aryl methyl sites for hydroxylation is 1. The molecule has 1 aromatic heterocycles. The largest absolute Gasteiger partial charge is 0.323 e. The van der Waals surface area contributed by atoms with Crippen LogP contribution < -0.4 is 5.32 Å². The number of rotatable bonds is 2. The maximum absolute atomic E-state index is 14.3. The van der Waals surface area contributed by atoms with Crippen molar-refractivity contribution < 1.29 is 9.18 Å². The highest BCUT2D eigenvalue weighted by atomic mass is 19.1. The van der Waals surface area contributed by atoms with Gasteiger partial charge in [0.2, 0.25) is 0 Å². The van der Waals surface area contributed by atoms with E-state index in [0.29, 0.717) is 6.54 Å². The molecule has 0 unspecified atom stereocenters. The lowest BCUT2D eigenvalue weighted by Gasteiger charge is -2.31. The van der Waals surface area contributed by atoms with Crippen molar-refractivity contribution in [3.8, 4) is 5.69 Å². The van der Waals surface area contributed by atoms with Gasteiger partial charge in [0.25, 0.3) is 0 Å². The van der Waals surface area contributed by atoms with E-state index in [-0.39, 0.29) is 17.8 Å². The second-order valence-corrected chi connectivity index (χ2v) is 7.78. The van der Waals surface area contributed by atoms with Gasteiger partial charge in [-0.25, -0.2) is 9.18 Å². The van der Waals surface area contributed by atoms with Crippen molar-refractivity contribution in [3.63, 3.8) is 0 Å². The predicted molar refractivity (Wildman–Crippen MR) is 120 cm³/mol. The van der Waals surface area contributed by atoms with Crippen LogP contribution >= 0.6 is 0 Å². The zero-order valence-corrected chi connectivity index (χ0v) is 17.1. The fraction of sp³-hybridized carbons (Fsp3) is 0.115. The molecule has 2 amide bonds. The molecule has 0 saturated heterocycles. The monoisotopic (exact) mass is 411 g/mol. The Bertz CT molecular complexity index is 1250. The van der Waals surface area contributed by atoms with Crippen LogP contribution in [-0.2, 0) is 6.54 Å². The molecule has 31 heavy (non-hydrogen) atoms. The van der Waals surface area contributed by atoms with E-state index in [9.17, 15) is 9.18 Å². The Morgan fingerprint density at radius 2 is 1.68 bits per heavy atom. The van der Waals surface area contributed by atoms with Crippen LogP contribution in [0.3, 0.4) is 0 Å². The molecule has 0 radical (unpaired) electrons. The molecule has 4 nitrogen and oxygen atoms in total. The lowest BCUT2D eigenvalue weighted by atomic mass is 10.0. The summed E-state index contributed by atoms with van der Waals surface area (Å²) in [5.41, 5.74) is 5.38. The third-order valence-electron chi connectivity index (χ3n) is 5.73. The Morgan fingerprint density at radius 1 is 0.935 bits per heavy atom. The fourth-order valence-electron chi connectivity index (χ4n) is 4.19. The molecular weight excluding hydrogens is 389 g/mol. The van der Waals surface area contributed by atoms with Gasteiger partial charge in [0.15, 0.2) is 0 Å². The summed E-state index contributed by atoms with van der Waals surface area (Å²) in [4.78, 5) is 15.3. The average molecular weight is 411 g/mol. The van der Waals surface area contributed by atoms with Crippen molar-refractivity contribution >= 4 is 11.7 Å². The lowest BCUT2D eigenvalue weighted by molar-refractivity contribution is 0.194. The number of amides is 2. The first-order chi connectivity index (χ1) is 15.1. The van der Waals surface area contributed by atoms with E-state index in [1.54, 1.807) is 23.1 Å². The Labute approximate surface area is 180 Å². The number of halogens is 1. The van der Waals surface area contributed by atoms with Crippen molar-refractivity contribution in [2.75, 3.05) is 5.32 Å². The van der Waals surface area contributed by atoms with Crippen molar-refractivity contribution in [3.05, 3.63) is 119 Å². The van der Waals surface area contributed by atoms with Gasteiger partial charge in [0, 0.05) is 11.9 Å². The van der Waals surface area contributed by atoms with E-state index in [0.717, 1.165) is 28.1 Å². The van der Waals surface area contributed by atoms with Gasteiger partial charge in [-0.2, -0.15) is 0 Å². The molecule has 3 aromatic carbocycles. The highest BCUT2D eigenvalue weighted by Crippen LogP contribution is 2.37. The maximum atomic E-state index is 14.3. The first-order valence-corrected chi connectivity index (χ1v) is 10.3. The molecule has 1 atom stereocenters. The fourth-order valence-corrected chi connectivity index (χ4v) is 4.19. The van der Waals surface area contributed by atoms with E-state index in [1.165, 1.54) is 6.07 Å². The molecule has 5 rings (SSSR count). The van der Waals surface area contributed by atoms with Crippen molar-refractivity contribution in [1.29, 1.82) is 0 Å². The maximum Gasteiger partial charge on any atom is 0.323 e. The lowest BCUT2D eigenvalue weighted by Crippen LogP contribution is -2.38. The van der Waals surface area contributed by atoms with Crippen LogP contribution in [0.15, 0.2) is 91.1 Å². The number of hydrogen-bond donors (Lipinski definition) is 1. The minimum Gasteiger partial charge on any atom is -0.318 e. The van der Waals surface area contributed by atoms with Crippen LogP contribution in [0.1, 0.15) is 28.4 Å². The van der Waals surface area contributed by atoms with E-state index in [4.69, 9.17) is 0 Å². The van der Waals surface area contributed by atoms with Crippen LogP contribution in [0.2, 0.25) is 0 Å². The summed E-state index contributed by atoms with van der Waals surface area (Å²) < 4.78 is 16.4. The van der Waals surface area contributed by atoms with E-state index in [2.05, 4.69) is 28.1 Å². The first kappa shape index (κ1) is 19.1. The minimum atomic E-state index is -0.457. The number of para-hydroxylation sites is 2. The highest BCUT2D eigenvalue weighted by Gasteiger charge is 2.33. The molecule has 0 saturated carbocycles. The van der Waals surface area contributed by atoms with Crippen molar-refractivity contribution in [2.45, 2.75) is 19.5 Å². The molecule has 154 valence electrons. The summed E-state index contributed by atoms with van der Waals surface area (Å²) >= 11 is 0. The normalized spacial score (nSPS) is 15.0. The van der Waals surface area contributed by atoms with Gasteiger partial charge in [-0.05, 0) is 48.4 Å². The Kier molecular flexibility index (Phi) is 4.79. The second kappa shape index (κ2) is 7.76. The number of benzene rings is 3. The highest BCUT2D eigenvalue weighted by molar-refractivity contribution is 5.90. The molecule has 0 bridgehead atoms. The zero-order chi connectivity index (χ0) is 21.4. The third kappa shape index (κ3) is 3.48.